The zero-order valence-electron chi connectivity index (χ0n) is 17.3. The molecule has 150 valence electrons. The van der Waals surface area contributed by atoms with Gasteiger partial charge in [0.15, 0.2) is 11.5 Å². The number of nitrogens with zero attached hydrogens (tertiary/aromatic N) is 2. The molecule has 0 fully saturated rings. The molecule has 0 amide bonds. The van der Waals surface area contributed by atoms with Crippen LogP contribution in [-0.4, -0.2) is 0 Å². The molecule has 0 N–H and O–H groups in total. The van der Waals surface area contributed by atoms with Gasteiger partial charge in [-0.05, 0) is 36.1 Å². The van der Waals surface area contributed by atoms with Gasteiger partial charge in [0.1, 0.15) is 23.6 Å². The Labute approximate surface area is 177 Å². The van der Waals surface area contributed by atoms with Crippen LogP contribution in [0.3, 0.4) is 0 Å². The molecule has 0 aromatic heterocycles. The smallest absolute Gasteiger partial charge is 0.171 e. The highest BCUT2D eigenvalue weighted by molar-refractivity contribution is 5.58. The third-order valence-corrected chi connectivity index (χ3v) is 4.75. The van der Waals surface area contributed by atoms with Crippen molar-refractivity contribution in [3.05, 3.63) is 82.9 Å². The third-order valence-electron chi connectivity index (χ3n) is 4.75. The SMILES string of the molecule is CCCc1ccccc1Oc1cc(C#N)c(C#N)cc1Oc1ccccc1CCC. The van der Waals surface area contributed by atoms with E-state index in [1.54, 1.807) is 12.1 Å². The lowest BCUT2D eigenvalue weighted by Gasteiger charge is -2.17. The summed E-state index contributed by atoms with van der Waals surface area (Å²) in [7, 11) is 0. The van der Waals surface area contributed by atoms with Crippen LogP contribution < -0.4 is 9.47 Å². The van der Waals surface area contributed by atoms with Gasteiger partial charge >= 0.3 is 0 Å². The normalized spacial score (nSPS) is 10.1. The van der Waals surface area contributed by atoms with Crippen molar-refractivity contribution in [2.75, 3.05) is 0 Å². The molecule has 0 aliphatic carbocycles. The first-order valence-corrected chi connectivity index (χ1v) is 10.2. The van der Waals surface area contributed by atoms with Gasteiger partial charge < -0.3 is 9.47 Å². The van der Waals surface area contributed by atoms with E-state index in [4.69, 9.17) is 9.47 Å². The van der Waals surface area contributed by atoms with Crippen LogP contribution in [0.5, 0.6) is 23.0 Å². The molecule has 30 heavy (non-hydrogen) atoms. The first kappa shape index (κ1) is 21.0. The van der Waals surface area contributed by atoms with Gasteiger partial charge in [-0.2, -0.15) is 10.5 Å². The van der Waals surface area contributed by atoms with E-state index in [-0.39, 0.29) is 11.1 Å². The van der Waals surface area contributed by atoms with Crippen LogP contribution in [0.1, 0.15) is 48.9 Å². The summed E-state index contributed by atoms with van der Waals surface area (Å²) in [5.74, 6) is 2.28. The lowest BCUT2D eigenvalue weighted by molar-refractivity contribution is 0.413. The first-order chi connectivity index (χ1) is 14.7. The molecule has 0 unspecified atom stereocenters. The van der Waals surface area contributed by atoms with E-state index in [9.17, 15) is 10.5 Å². The highest BCUT2D eigenvalue weighted by Crippen LogP contribution is 2.39. The van der Waals surface area contributed by atoms with Crippen molar-refractivity contribution < 1.29 is 9.47 Å². The summed E-state index contributed by atoms with van der Waals surface area (Å²) in [6, 6.07) is 23.0. The van der Waals surface area contributed by atoms with Crippen LogP contribution in [0.2, 0.25) is 0 Å². The topological polar surface area (TPSA) is 66.0 Å². The highest BCUT2D eigenvalue weighted by Gasteiger charge is 2.16. The summed E-state index contributed by atoms with van der Waals surface area (Å²) >= 11 is 0. The summed E-state index contributed by atoms with van der Waals surface area (Å²) < 4.78 is 12.4. The van der Waals surface area contributed by atoms with Gasteiger partial charge in [0.25, 0.3) is 0 Å². The van der Waals surface area contributed by atoms with Crippen LogP contribution in [0.4, 0.5) is 0 Å². The number of para-hydroxylation sites is 2. The van der Waals surface area contributed by atoms with Crippen LogP contribution in [-0.2, 0) is 12.8 Å². The van der Waals surface area contributed by atoms with Gasteiger partial charge in [-0.25, -0.2) is 0 Å². The monoisotopic (exact) mass is 396 g/mol. The van der Waals surface area contributed by atoms with Crippen molar-refractivity contribution >= 4 is 0 Å². The van der Waals surface area contributed by atoms with E-state index in [0.717, 1.165) is 48.3 Å². The Balaban J connectivity index is 2.07. The quantitative estimate of drug-likeness (QED) is 0.414. The average molecular weight is 396 g/mol. The summed E-state index contributed by atoms with van der Waals surface area (Å²) in [6.45, 7) is 4.23. The number of rotatable bonds is 8. The molecule has 0 aliphatic heterocycles. The Morgan fingerprint density at radius 3 is 1.40 bits per heavy atom. The second kappa shape index (κ2) is 10.1. The maximum atomic E-state index is 9.48. The van der Waals surface area contributed by atoms with Crippen molar-refractivity contribution in [3.8, 4) is 35.1 Å². The Morgan fingerprint density at radius 1 is 0.633 bits per heavy atom. The van der Waals surface area contributed by atoms with Crippen LogP contribution >= 0.6 is 0 Å². The number of hydrogen-bond acceptors (Lipinski definition) is 4. The van der Waals surface area contributed by atoms with Crippen LogP contribution in [0.25, 0.3) is 0 Å². The standard InChI is InChI=1S/C26H24N2O2/c1-3-9-19-11-5-7-13-23(19)29-25-15-21(17-27)22(18-28)16-26(25)30-24-14-8-6-12-20(24)10-4-2/h5-8,11-16H,3-4,9-10H2,1-2H3. The van der Waals surface area contributed by atoms with E-state index >= 15 is 0 Å². The molecule has 0 saturated carbocycles. The minimum Gasteiger partial charge on any atom is -0.453 e. The molecule has 0 aliphatic rings. The summed E-state index contributed by atoms with van der Waals surface area (Å²) in [5.41, 5.74) is 2.68. The largest absolute Gasteiger partial charge is 0.453 e. The predicted molar refractivity (Wildman–Crippen MR) is 117 cm³/mol. The fraction of sp³-hybridized carbons (Fsp3) is 0.231. The fourth-order valence-electron chi connectivity index (χ4n) is 3.30. The van der Waals surface area contributed by atoms with Crippen LogP contribution in [0, 0.1) is 22.7 Å². The second-order valence-corrected chi connectivity index (χ2v) is 6.99. The zero-order valence-corrected chi connectivity index (χ0v) is 17.3. The van der Waals surface area contributed by atoms with Crippen molar-refractivity contribution in [2.24, 2.45) is 0 Å². The fourth-order valence-corrected chi connectivity index (χ4v) is 3.30. The highest BCUT2D eigenvalue weighted by atomic mass is 16.5. The molecule has 0 radical (unpaired) electrons. The van der Waals surface area contributed by atoms with E-state index in [1.165, 1.54) is 0 Å². The van der Waals surface area contributed by atoms with Gasteiger partial charge in [0.05, 0.1) is 11.1 Å². The van der Waals surface area contributed by atoms with Crippen LogP contribution in [0.15, 0.2) is 60.7 Å². The van der Waals surface area contributed by atoms with E-state index in [1.807, 2.05) is 48.5 Å². The van der Waals surface area contributed by atoms with E-state index in [0.29, 0.717) is 11.5 Å². The third kappa shape index (κ3) is 4.80. The molecule has 3 aromatic carbocycles. The first-order valence-electron chi connectivity index (χ1n) is 10.2. The predicted octanol–water partition coefficient (Wildman–Crippen LogP) is 6.92. The number of nitriles is 2. The van der Waals surface area contributed by atoms with Gasteiger partial charge in [-0.1, -0.05) is 63.1 Å². The molecule has 0 bridgehead atoms. The van der Waals surface area contributed by atoms with Crippen molar-refractivity contribution in [1.29, 1.82) is 10.5 Å². The molecular weight excluding hydrogens is 372 g/mol. The zero-order chi connectivity index (χ0) is 21.3. The van der Waals surface area contributed by atoms with Gasteiger partial charge in [0.2, 0.25) is 0 Å². The molecule has 0 saturated heterocycles. The Hall–Kier alpha value is -3.76. The lowest BCUT2D eigenvalue weighted by Crippen LogP contribution is -1.98. The maximum Gasteiger partial charge on any atom is 0.171 e. The number of hydrogen-bond donors (Lipinski definition) is 0. The Bertz CT molecular complexity index is 1020. The summed E-state index contributed by atoms with van der Waals surface area (Å²) in [6.07, 6.45) is 3.75. The number of benzene rings is 3. The van der Waals surface area contributed by atoms with E-state index in [2.05, 4.69) is 26.0 Å². The van der Waals surface area contributed by atoms with Crippen molar-refractivity contribution in [2.45, 2.75) is 39.5 Å². The van der Waals surface area contributed by atoms with Crippen molar-refractivity contribution in [3.63, 3.8) is 0 Å². The molecule has 3 aromatic rings. The average Bonchev–Trinajstić information content (AvgIpc) is 2.77. The van der Waals surface area contributed by atoms with Gasteiger partial charge in [-0.15, -0.1) is 0 Å². The minimum absolute atomic E-state index is 0.259. The Kier molecular flexibility index (Phi) is 7.09. The lowest BCUT2D eigenvalue weighted by atomic mass is 10.1. The summed E-state index contributed by atoms with van der Waals surface area (Å²) in [5, 5.41) is 19.0. The van der Waals surface area contributed by atoms with E-state index < -0.39 is 0 Å². The maximum absolute atomic E-state index is 9.48. The number of aryl methyl sites for hydroxylation is 2. The van der Waals surface area contributed by atoms with Gasteiger partial charge in [-0.3, -0.25) is 0 Å². The molecule has 4 nitrogen and oxygen atoms in total. The second-order valence-electron chi connectivity index (χ2n) is 6.99. The molecule has 0 spiro atoms. The minimum atomic E-state index is 0.259. The molecular formula is C26H24N2O2. The molecule has 0 heterocycles. The molecule has 3 rings (SSSR count). The number of ether oxygens (including phenoxy) is 2. The molecule has 4 heteroatoms. The Morgan fingerprint density at radius 2 is 1.03 bits per heavy atom. The summed E-state index contributed by atoms with van der Waals surface area (Å²) in [4.78, 5) is 0. The molecule has 0 atom stereocenters. The van der Waals surface area contributed by atoms with Crippen molar-refractivity contribution in [1.82, 2.24) is 0 Å². The van der Waals surface area contributed by atoms with Gasteiger partial charge in [0, 0.05) is 12.1 Å².